The summed E-state index contributed by atoms with van der Waals surface area (Å²) in [6.07, 6.45) is 40.1. The standard InChI is InChI=1S/C34H55NO5S/c1-3-5-7-9-11-13-14-15-16-17-18-19-20-22-24-26-28-30-34(37)35-32(31-41(38,39)40)33(36)29-27-25-23-21-12-10-8-6-4-2/h5,7,11-13,15-16,18-19,21-22,24,27,29,32-33,36H,3-4,6,8-10,14,17,20,23,25-26,28,30-31H2,1-2H3,(H,35,37)(H,38,39,40)/b7-5-,13-11-,16-15-,19-18-,21-12+,24-22-,29-27+. The zero-order chi connectivity index (χ0) is 30.4. The van der Waals surface area contributed by atoms with Gasteiger partial charge in [0.25, 0.3) is 10.1 Å². The lowest BCUT2D eigenvalue weighted by molar-refractivity contribution is -0.122. The molecule has 0 aliphatic rings. The number of aliphatic hydroxyl groups excluding tert-OH is 1. The van der Waals surface area contributed by atoms with Crippen molar-refractivity contribution in [3.63, 3.8) is 0 Å². The maximum atomic E-state index is 12.3. The average molecular weight is 590 g/mol. The Balaban J connectivity index is 4.26. The van der Waals surface area contributed by atoms with Gasteiger partial charge in [-0.25, -0.2) is 0 Å². The minimum absolute atomic E-state index is 0.204. The summed E-state index contributed by atoms with van der Waals surface area (Å²) in [5.74, 6) is -1.09. The smallest absolute Gasteiger partial charge is 0.267 e. The maximum Gasteiger partial charge on any atom is 0.267 e. The van der Waals surface area contributed by atoms with Crippen LogP contribution in [0.1, 0.15) is 104 Å². The van der Waals surface area contributed by atoms with Crippen molar-refractivity contribution in [2.45, 2.75) is 116 Å². The molecule has 0 aromatic heterocycles. The van der Waals surface area contributed by atoms with Crippen LogP contribution in [0.4, 0.5) is 0 Å². The Morgan fingerprint density at radius 2 is 1.17 bits per heavy atom. The molecule has 41 heavy (non-hydrogen) atoms. The summed E-state index contributed by atoms with van der Waals surface area (Å²) in [5, 5.41) is 13.0. The predicted octanol–water partition coefficient (Wildman–Crippen LogP) is 8.11. The number of hydrogen-bond donors (Lipinski definition) is 3. The van der Waals surface area contributed by atoms with Gasteiger partial charge in [-0.15, -0.1) is 0 Å². The first-order chi connectivity index (χ1) is 19.8. The molecule has 2 atom stereocenters. The third kappa shape index (κ3) is 28.8. The Morgan fingerprint density at radius 1 is 0.683 bits per heavy atom. The largest absolute Gasteiger partial charge is 0.387 e. The minimum Gasteiger partial charge on any atom is -0.387 e. The third-order valence-electron chi connectivity index (χ3n) is 6.06. The average Bonchev–Trinajstić information content (AvgIpc) is 2.92. The van der Waals surface area contributed by atoms with Crippen LogP contribution >= 0.6 is 0 Å². The highest BCUT2D eigenvalue weighted by molar-refractivity contribution is 7.85. The molecular weight excluding hydrogens is 534 g/mol. The molecule has 0 saturated carbocycles. The number of aliphatic hydroxyl groups is 1. The molecule has 0 bridgehead atoms. The van der Waals surface area contributed by atoms with Crippen LogP contribution in [-0.2, 0) is 14.9 Å². The second-order valence-electron chi connectivity index (χ2n) is 9.99. The first kappa shape index (κ1) is 38.5. The van der Waals surface area contributed by atoms with Crippen LogP contribution in [0.5, 0.6) is 0 Å². The summed E-state index contributed by atoms with van der Waals surface area (Å²) in [5.41, 5.74) is 0. The lowest BCUT2D eigenvalue weighted by Crippen LogP contribution is -2.46. The van der Waals surface area contributed by atoms with E-state index in [1.54, 1.807) is 6.08 Å². The highest BCUT2D eigenvalue weighted by Crippen LogP contribution is 2.06. The molecule has 7 heteroatoms. The monoisotopic (exact) mass is 589 g/mol. The van der Waals surface area contributed by atoms with Crippen LogP contribution in [0.15, 0.2) is 85.1 Å². The molecule has 0 spiro atoms. The Kier molecular flexibility index (Phi) is 26.0. The second kappa shape index (κ2) is 27.7. The summed E-state index contributed by atoms with van der Waals surface area (Å²) < 4.78 is 32.1. The van der Waals surface area contributed by atoms with E-state index in [-0.39, 0.29) is 12.3 Å². The van der Waals surface area contributed by atoms with Crippen molar-refractivity contribution < 1.29 is 22.9 Å². The van der Waals surface area contributed by atoms with Crippen LogP contribution in [0.2, 0.25) is 0 Å². The highest BCUT2D eigenvalue weighted by Gasteiger charge is 2.24. The van der Waals surface area contributed by atoms with Gasteiger partial charge in [-0.05, 0) is 70.6 Å². The molecule has 0 aromatic rings. The summed E-state index contributed by atoms with van der Waals surface area (Å²) in [7, 11) is -4.36. The molecule has 0 radical (unpaired) electrons. The van der Waals surface area contributed by atoms with Crippen LogP contribution < -0.4 is 5.32 Å². The van der Waals surface area contributed by atoms with E-state index in [0.717, 1.165) is 51.4 Å². The maximum absolute atomic E-state index is 12.3. The van der Waals surface area contributed by atoms with Gasteiger partial charge in [0, 0.05) is 6.42 Å². The van der Waals surface area contributed by atoms with Gasteiger partial charge in [0.1, 0.15) is 0 Å². The quantitative estimate of drug-likeness (QED) is 0.0567. The second-order valence-corrected chi connectivity index (χ2v) is 11.5. The number of unbranched alkanes of at least 4 members (excludes halogenated alkanes) is 5. The normalized spacial score (nSPS) is 14.7. The van der Waals surface area contributed by atoms with Crippen molar-refractivity contribution in [2.24, 2.45) is 0 Å². The predicted molar refractivity (Wildman–Crippen MR) is 174 cm³/mol. The van der Waals surface area contributed by atoms with Crippen molar-refractivity contribution in [1.82, 2.24) is 5.32 Å². The van der Waals surface area contributed by atoms with Crippen LogP contribution in [-0.4, -0.2) is 41.9 Å². The molecule has 3 N–H and O–H groups in total. The first-order valence-electron chi connectivity index (χ1n) is 15.3. The summed E-state index contributed by atoms with van der Waals surface area (Å²) in [6, 6.07) is -1.10. The number of carbonyl (C=O) groups is 1. The molecule has 0 aliphatic heterocycles. The van der Waals surface area contributed by atoms with E-state index in [1.807, 2.05) is 6.08 Å². The van der Waals surface area contributed by atoms with Crippen LogP contribution in [0.25, 0.3) is 0 Å². The topological polar surface area (TPSA) is 104 Å². The van der Waals surface area contributed by atoms with E-state index in [2.05, 4.69) is 86.0 Å². The summed E-state index contributed by atoms with van der Waals surface area (Å²) in [6.45, 7) is 4.30. The van der Waals surface area contributed by atoms with Crippen molar-refractivity contribution in [3.8, 4) is 0 Å². The van der Waals surface area contributed by atoms with Gasteiger partial charge in [-0.2, -0.15) is 8.42 Å². The number of carbonyl (C=O) groups excluding carboxylic acids is 1. The van der Waals surface area contributed by atoms with E-state index in [1.165, 1.54) is 25.3 Å². The van der Waals surface area contributed by atoms with Gasteiger partial charge in [0.05, 0.1) is 17.9 Å². The molecule has 6 nitrogen and oxygen atoms in total. The van der Waals surface area contributed by atoms with Crippen LogP contribution in [0.3, 0.4) is 0 Å². The van der Waals surface area contributed by atoms with Crippen molar-refractivity contribution in [3.05, 3.63) is 85.1 Å². The molecular formula is C34H55NO5S. The zero-order valence-corrected chi connectivity index (χ0v) is 26.2. The Bertz CT molecular complexity index is 958. The fraction of sp³-hybridized carbons (Fsp3) is 0.559. The van der Waals surface area contributed by atoms with Gasteiger partial charge in [-0.3, -0.25) is 9.35 Å². The third-order valence-corrected chi connectivity index (χ3v) is 6.84. The van der Waals surface area contributed by atoms with Gasteiger partial charge in [0.2, 0.25) is 5.91 Å². The van der Waals surface area contributed by atoms with E-state index in [4.69, 9.17) is 0 Å². The number of rotatable bonds is 25. The first-order valence-corrected chi connectivity index (χ1v) is 16.9. The summed E-state index contributed by atoms with van der Waals surface area (Å²) >= 11 is 0. The lowest BCUT2D eigenvalue weighted by atomic mass is 10.1. The van der Waals surface area contributed by atoms with E-state index >= 15 is 0 Å². The van der Waals surface area contributed by atoms with Gasteiger partial charge in [0.15, 0.2) is 0 Å². The molecule has 2 unspecified atom stereocenters. The fourth-order valence-electron chi connectivity index (χ4n) is 3.79. The molecule has 0 heterocycles. The number of allylic oxidation sites excluding steroid dienone is 13. The molecule has 232 valence electrons. The molecule has 0 saturated heterocycles. The molecule has 0 aliphatic carbocycles. The number of amides is 1. The molecule has 0 fully saturated rings. The highest BCUT2D eigenvalue weighted by atomic mass is 32.2. The molecule has 0 rings (SSSR count). The summed E-state index contributed by atoms with van der Waals surface area (Å²) in [4.78, 5) is 12.3. The van der Waals surface area contributed by atoms with E-state index in [9.17, 15) is 22.9 Å². The van der Waals surface area contributed by atoms with Crippen molar-refractivity contribution >= 4 is 16.0 Å². The van der Waals surface area contributed by atoms with Crippen molar-refractivity contribution in [2.75, 3.05) is 5.75 Å². The molecule has 1 amide bonds. The van der Waals surface area contributed by atoms with E-state index in [0.29, 0.717) is 12.8 Å². The minimum atomic E-state index is -4.36. The lowest BCUT2D eigenvalue weighted by Gasteiger charge is -2.21. The SMILES string of the molecule is CC/C=C\C/C=C\C/C=C\C/C=C\C/C=C\CCCC(=O)NC(CS(=O)(=O)O)C(O)/C=C/CC/C=C/CCCCC. The number of nitrogens with one attached hydrogen (secondary N) is 1. The van der Waals surface area contributed by atoms with Crippen molar-refractivity contribution in [1.29, 1.82) is 0 Å². The fourth-order valence-corrected chi connectivity index (χ4v) is 4.52. The van der Waals surface area contributed by atoms with Crippen LogP contribution in [0, 0.1) is 0 Å². The number of hydrogen-bond acceptors (Lipinski definition) is 4. The van der Waals surface area contributed by atoms with Gasteiger partial charge in [-0.1, -0.05) is 112 Å². The Hall–Kier alpha value is -2.48. The molecule has 0 aromatic carbocycles. The Labute approximate surface area is 250 Å². The zero-order valence-electron chi connectivity index (χ0n) is 25.4. The Morgan fingerprint density at radius 3 is 1.73 bits per heavy atom. The van der Waals surface area contributed by atoms with E-state index < -0.39 is 28.0 Å². The van der Waals surface area contributed by atoms with Gasteiger partial charge < -0.3 is 10.4 Å². The van der Waals surface area contributed by atoms with Gasteiger partial charge >= 0.3 is 0 Å².